The minimum atomic E-state index is -0.344. The molecule has 1 heterocycles. The van der Waals surface area contributed by atoms with Crippen molar-refractivity contribution >= 4 is 33.4 Å². The Morgan fingerprint density at radius 1 is 1.21 bits per heavy atom. The van der Waals surface area contributed by atoms with Gasteiger partial charge >= 0.3 is 0 Å². The van der Waals surface area contributed by atoms with E-state index in [2.05, 4.69) is 15.9 Å². The van der Waals surface area contributed by atoms with Crippen LogP contribution in [-0.2, 0) is 0 Å². The van der Waals surface area contributed by atoms with E-state index in [1.54, 1.807) is 12.1 Å². The first-order valence-corrected chi connectivity index (χ1v) is 4.73. The van der Waals surface area contributed by atoms with E-state index in [4.69, 9.17) is 5.73 Å². The molecule has 2 rings (SSSR count). The van der Waals surface area contributed by atoms with E-state index in [0.29, 0.717) is 21.3 Å². The molecular weight excluding hydrogens is 248 g/mol. The number of amides is 2. The lowest BCUT2D eigenvalue weighted by molar-refractivity contribution is 0.0693. The second-order valence-electron chi connectivity index (χ2n) is 3.06. The lowest BCUT2D eigenvalue weighted by Gasteiger charge is -2.03. The smallest absolute Gasteiger partial charge is 0.263 e. The van der Waals surface area contributed by atoms with Gasteiger partial charge in [0, 0.05) is 17.2 Å². The molecule has 0 saturated carbocycles. The first-order valence-electron chi connectivity index (χ1n) is 3.94. The van der Waals surface area contributed by atoms with Gasteiger partial charge < -0.3 is 5.73 Å². The summed E-state index contributed by atoms with van der Waals surface area (Å²) in [6, 6.07) is 3.27. The van der Waals surface area contributed by atoms with Gasteiger partial charge in [0.25, 0.3) is 11.8 Å². The van der Waals surface area contributed by atoms with Crippen LogP contribution in [-0.4, -0.2) is 23.8 Å². The molecule has 0 unspecified atom stereocenters. The summed E-state index contributed by atoms with van der Waals surface area (Å²) in [6.45, 7) is 0. The van der Waals surface area contributed by atoms with Crippen LogP contribution in [0.5, 0.6) is 0 Å². The number of benzene rings is 1. The van der Waals surface area contributed by atoms with Gasteiger partial charge in [-0.3, -0.25) is 14.5 Å². The molecular formula is C9H7BrN2O2. The zero-order chi connectivity index (χ0) is 10.5. The molecule has 4 nitrogen and oxygen atoms in total. The van der Waals surface area contributed by atoms with E-state index in [0.717, 1.165) is 4.90 Å². The minimum absolute atomic E-state index is 0.298. The van der Waals surface area contributed by atoms with Crippen molar-refractivity contribution < 1.29 is 9.59 Å². The van der Waals surface area contributed by atoms with E-state index in [1.807, 2.05) is 0 Å². The van der Waals surface area contributed by atoms with Gasteiger partial charge in [0.1, 0.15) is 0 Å². The highest BCUT2D eigenvalue weighted by atomic mass is 79.9. The second kappa shape index (κ2) is 2.81. The molecule has 0 fully saturated rings. The van der Waals surface area contributed by atoms with E-state index < -0.39 is 0 Å². The van der Waals surface area contributed by atoms with Crippen LogP contribution in [0.15, 0.2) is 16.6 Å². The summed E-state index contributed by atoms with van der Waals surface area (Å²) in [5.41, 5.74) is 6.63. The van der Waals surface area contributed by atoms with Crippen molar-refractivity contribution in [1.82, 2.24) is 4.90 Å². The van der Waals surface area contributed by atoms with E-state index in [-0.39, 0.29) is 11.8 Å². The number of hydrogen-bond acceptors (Lipinski definition) is 3. The molecule has 0 radical (unpaired) electrons. The molecule has 2 amide bonds. The summed E-state index contributed by atoms with van der Waals surface area (Å²) >= 11 is 3.22. The zero-order valence-corrected chi connectivity index (χ0v) is 8.96. The quantitative estimate of drug-likeness (QED) is 0.560. The number of imide groups is 1. The SMILES string of the molecule is CN1C(=O)c2c(N)ccc(Br)c2C1=O. The molecule has 0 saturated heterocycles. The lowest BCUT2D eigenvalue weighted by Crippen LogP contribution is -2.24. The van der Waals surface area contributed by atoms with Crippen LogP contribution >= 0.6 is 15.9 Å². The molecule has 5 heteroatoms. The first-order chi connectivity index (χ1) is 6.54. The van der Waals surface area contributed by atoms with Crippen molar-refractivity contribution in [2.24, 2.45) is 0 Å². The average molecular weight is 255 g/mol. The van der Waals surface area contributed by atoms with Crippen LogP contribution < -0.4 is 5.73 Å². The highest BCUT2D eigenvalue weighted by Crippen LogP contribution is 2.32. The summed E-state index contributed by atoms with van der Waals surface area (Å²) in [5, 5.41) is 0. The average Bonchev–Trinajstić information content (AvgIpc) is 2.38. The minimum Gasteiger partial charge on any atom is -0.398 e. The molecule has 0 spiro atoms. The number of nitrogens with zero attached hydrogens (tertiary/aromatic N) is 1. The van der Waals surface area contributed by atoms with E-state index >= 15 is 0 Å². The Balaban J connectivity index is 2.80. The lowest BCUT2D eigenvalue weighted by atomic mass is 10.1. The van der Waals surface area contributed by atoms with Gasteiger partial charge in [0.05, 0.1) is 11.1 Å². The number of nitrogens with two attached hydrogens (primary N) is 1. The molecule has 0 bridgehead atoms. The Morgan fingerprint density at radius 2 is 1.79 bits per heavy atom. The largest absolute Gasteiger partial charge is 0.398 e. The fourth-order valence-electron chi connectivity index (χ4n) is 1.46. The van der Waals surface area contributed by atoms with Crippen LogP contribution in [0.4, 0.5) is 5.69 Å². The van der Waals surface area contributed by atoms with Crippen LogP contribution in [0.25, 0.3) is 0 Å². The topological polar surface area (TPSA) is 63.4 Å². The fraction of sp³-hybridized carbons (Fsp3) is 0.111. The zero-order valence-electron chi connectivity index (χ0n) is 7.37. The first kappa shape index (κ1) is 9.21. The Morgan fingerprint density at radius 3 is 2.36 bits per heavy atom. The Hall–Kier alpha value is -1.36. The van der Waals surface area contributed by atoms with Crippen molar-refractivity contribution in [3.05, 3.63) is 27.7 Å². The maximum Gasteiger partial charge on any atom is 0.263 e. The standard InChI is InChI=1S/C9H7BrN2O2/c1-12-8(13)6-4(10)2-3-5(11)7(6)9(12)14/h2-3H,11H2,1H3. The molecule has 1 aromatic carbocycles. The highest BCUT2D eigenvalue weighted by Gasteiger charge is 2.36. The van der Waals surface area contributed by atoms with Gasteiger partial charge in [-0.15, -0.1) is 0 Å². The third-order valence-corrected chi connectivity index (χ3v) is 2.88. The maximum absolute atomic E-state index is 11.6. The number of rotatable bonds is 0. The molecule has 1 aliphatic heterocycles. The Labute approximate surface area is 88.8 Å². The normalized spacial score (nSPS) is 14.9. The van der Waals surface area contributed by atoms with Gasteiger partial charge in [-0.1, -0.05) is 0 Å². The molecule has 1 aromatic rings. The predicted molar refractivity (Wildman–Crippen MR) is 55.0 cm³/mol. The van der Waals surface area contributed by atoms with Gasteiger partial charge in [0.2, 0.25) is 0 Å². The number of hydrogen-bond donors (Lipinski definition) is 1. The molecule has 0 atom stereocenters. The summed E-state index contributed by atoms with van der Waals surface area (Å²) < 4.78 is 0.601. The number of anilines is 1. The van der Waals surface area contributed by atoms with Crippen LogP contribution in [0.1, 0.15) is 20.7 Å². The van der Waals surface area contributed by atoms with Crippen molar-refractivity contribution in [3.8, 4) is 0 Å². The second-order valence-corrected chi connectivity index (χ2v) is 3.91. The third kappa shape index (κ3) is 0.988. The van der Waals surface area contributed by atoms with E-state index in [1.165, 1.54) is 7.05 Å². The third-order valence-electron chi connectivity index (χ3n) is 2.22. The monoisotopic (exact) mass is 254 g/mol. The summed E-state index contributed by atoms with van der Waals surface area (Å²) in [4.78, 5) is 24.2. The van der Waals surface area contributed by atoms with Gasteiger partial charge in [-0.05, 0) is 28.1 Å². The van der Waals surface area contributed by atoms with Gasteiger partial charge in [0.15, 0.2) is 0 Å². The summed E-state index contributed by atoms with van der Waals surface area (Å²) in [7, 11) is 1.44. The molecule has 0 aliphatic carbocycles. The molecule has 1 aliphatic rings. The molecule has 2 N–H and O–H groups in total. The molecule has 0 aromatic heterocycles. The highest BCUT2D eigenvalue weighted by molar-refractivity contribution is 9.10. The predicted octanol–water partition coefficient (Wildman–Crippen LogP) is 1.26. The van der Waals surface area contributed by atoms with Gasteiger partial charge in [-0.25, -0.2) is 0 Å². The van der Waals surface area contributed by atoms with Crippen molar-refractivity contribution in [1.29, 1.82) is 0 Å². The number of carbonyl (C=O) groups excluding carboxylic acids is 2. The Kier molecular flexibility index (Phi) is 1.85. The Bertz CT molecular complexity index is 415. The number of fused-ring (bicyclic) bond motifs is 1. The maximum atomic E-state index is 11.6. The van der Waals surface area contributed by atoms with Gasteiger partial charge in [-0.2, -0.15) is 0 Å². The number of halogens is 1. The number of nitrogen functional groups attached to an aromatic ring is 1. The van der Waals surface area contributed by atoms with Crippen molar-refractivity contribution in [3.63, 3.8) is 0 Å². The fourth-order valence-corrected chi connectivity index (χ4v) is 1.96. The van der Waals surface area contributed by atoms with Crippen LogP contribution in [0.2, 0.25) is 0 Å². The van der Waals surface area contributed by atoms with Crippen LogP contribution in [0.3, 0.4) is 0 Å². The van der Waals surface area contributed by atoms with Crippen molar-refractivity contribution in [2.45, 2.75) is 0 Å². The molecule has 14 heavy (non-hydrogen) atoms. The van der Waals surface area contributed by atoms with E-state index in [9.17, 15) is 9.59 Å². The van der Waals surface area contributed by atoms with Crippen molar-refractivity contribution in [2.75, 3.05) is 12.8 Å². The summed E-state index contributed by atoms with van der Waals surface area (Å²) in [5.74, 6) is -0.659. The molecule has 72 valence electrons. The summed E-state index contributed by atoms with van der Waals surface area (Å²) in [6.07, 6.45) is 0. The van der Waals surface area contributed by atoms with Crippen LogP contribution in [0, 0.1) is 0 Å². The number of carbonyl (C=O) groups is 2.